The highest BCUT2D eigenvalue weighted by Gasteiger charge is 2.28. The summed E-state index contributed by atoms with van der Waals surface area (Å²) >= 11 is 1.47. The number of aryl methyl sites for hydroxylation is 1. The Hall–Kier alpha value is -4.56. The molecule has 2 aromatic carbocycles. The van der Waals surface area contributed by atoms with Gasteiger partial charge in [-0.2, -0.15) is 0 Å². The Morgan fingerprint density at radius 1 is 0.913 bits per heavy atom. The van der Waals surface area contributed by atoms with Crippen molar-refractivity contribution in [3.8, 4) is 0 Å². The van der Waals surface area contributed by atoms with Crippen molar-refractivity contribution in [1.82, 2.24) is 18.9 Å². The lowest BCUT2D eigenvalue weighted by Gasteiger charge is -2.31. The SMILES string of the molecule is NC1CCCN(c2nc3c(=O)n(CCc4ccccc4)n(C/C=C/c4c(F)c(F)c(F)c(F)c4F)c(=O)c3n2Cc2cccs2)C1. The second-order valence-corrected chi connectivity index (χ2v) is 12.1. The first-order valence-electron chi connectivity index (χ1n) is 14.6. The zero-order valence-corrected chi connectivity index (χ0v) is 25.3. The molecule has 3 aromatic heterocycles. The van der Waals surface area contributed by atoms with Crippen LogP contribution in [0.1, 0.15) is 28.8 Å². The van der Waals surface area contributed by atoms with Gasteiger partial charge in [-0.15, -0.1) is 11.3 Å². The first-order valence-corrected chi connectivity index (χ1v) is 15.5. The summed E-state index contributed by atoms with van der Waals surface area (Å²) in [5.41, 5.74) is 4.81. The number of anilines is 1. The highest BCUT2D eigenvalue weighted by Crippen LogP contribution is 2.26. The van der Waals surface area contributed by atoms with Crippen LogP contribution in [0.15, 0.2) is 63.5 Å². The largest absolute Gasteiger partial charge is 0.341 e. The van der Waals surface area contributed by atoms with Crippen LogP contribution in [-0.4, -0.2) is 38.0 Å². The molecular formula is C32H29F5N6O2S. The quantitative estimate of drug-likeness (QED) is 0.136. The Morgan fingerprint density at radius 2 is 1.63 bits per heavy atom. The molecule has 240 valence electrons. The summed E-state index contributed by atoms with van der Waals surface area (Å²) in [7, 11) is 0. The minimum atomic E-state index is -2.27. The number of nitrogens with two attached hydrogens (primary N) is 1. The molecule has 0 amide bonds. The van der Waals surface area contributed by atoms with E-state index in [9.17, 15) is 31.5 Å². The van der Waals surface area contributed by atoms with Gasteiger partial charge in [-0.3, -0.25) is 9.59 Å². The van der Waals surface area contributed by atoms with Gasteiger partial charge in [0.1, 0.15) is 5.52 Å². The molecule has 1 saturated heterocycles. The number of fused-ring (bicyclic) bond motifs is 1. The van der Waals surface area contributed by atoms with Gasteiger partial charge in [0.2, 0.25) is 11.8 Å². The fourth-order valence-electron chi connectivity index (χ4n) is 5.73. The molecule has 0 bridgehead atoms. The minimum absolute atomic E-state index is 0.0353. The Bertz CT molecular complexity index is 2010. The van der Waals surface area contributed by atoms with Gasteiger partial charge in [0.05, 0.1) is 18.7 Å². The zero-order valence-electron chi connectivity index (χ0n) is 24.4. The summed E-state index contributed by atoms with van der Waals surface area (Å²) in [6.07, 6.45) is 3.78. The number of rotatable bonds is 9. The highest BCUT2D eigenvalue weighted by molar-refractivity contribution is 7.09. The third kappa shape index (κ3) is 5.89. The highest BCUT2D eigenvalue weighted by atomic mass is 32.1. The Balaban J connectivity index is 1.51. The van der Waals surface area contributed by atoms with Crippen molar-refractivity contribution in [2.75, 3.05) is 18.0 Å². The van der Waals surface area contributed by atoms with Crippen LogP contribution in [0.3, 0.4) is 0 Å². The van der Waals surface area contributed by atoms with E-state index in [1.54, 1.807) is 4.57 Å². The van der Waals surface area contributed by atoms with Gasteiger partial charge in [0.25, 0.3) is 11.1 Å². The van der Waals surface area contributed by atoms with Gasteiger partial charge in [-0.25, -0.2) is 36.3 Å². The predicted octanol–water partition coefficient (Wildman–Crippen LogP) is 5.05. The molecule has 0 aliphatic carbocycles. The number of benzene rings is 2. The van der Waals surface area contributed by atoms with Crippen LogP contribution in [0.2, 0.25) is 0 Å². The lowest BCUT2D eigenvalue weighted by molar-refractivity contribution is 0.377. The van der Waals surface area contributed by atoms with Crippen molar-refractivity contribution >= 4 is 34.4 Å². The Labute approximate surface area is 263 Å². The molecular weight excluding hydrogens is 627 g/mol. The summed E-state index contributed by atoms with van der Waals surface area (Å²) in [6, 6.07) is 12.9. The van der Waals surface area contributed by atoms with Crippen LogP contribution in [-0.2, 0) is 26.1 Å². The van der Waals surface area contributed by atoms with Gasteiger partial charge in [-0.1, -0.05) is 48.6 Å². The third-order valence-corrected chi connectivity index (χ3v) is 8.87. The number of piperidine rings is 1. The summed E-state index contributed by atoms with van der Waals surface area (Å²) < 4.78 is 74.0. The zero-order chi connectivity index (χ0) is 32.5. The molecule has 1 unspecified atom stereocenters. The molecule has 0 radical (unpaired) electrons. The Morgan fingerprint density at radius 3 is 2.30 bits per heavy atom. The average Bonchev–Trinajstić information content (AvgIpc) is 3.72. The van der Waals surface area contributed by atoms with E-state index >= 15 is 0 Å². The maximum atomic E-state index is 14.4. The van der Waals surface area contributed by atoms with Gasteiger partial charge >= 0.3 is 0 Å². The predicted molar refractivity (Wildman–Crippen MR) is 167 cm³/mol. The maximum absolute atomic E-state index is 14.4. The number of imidazole rings is 1. The monoisotopic (exact) mass is 656 g/mol. The number of allylic oxidation sites excluding steroid dienone is 1. The smallest absolute Gasteiger partial charge is 0.293 e. The molecule has 1 fully saturated rings. The number of hydrogen-bond acceptors (Lipinski definition) is 6. The minimum Gasteiger partial charge on any atom is -0.341 e. The first kappa shape index (κ1) is 31.4. The second kappa shape index (κ2) is 13.0. The van der Waals surface area contributed by atoms with E-state index < -0.39 is 52.3 Å². The molecule has 1 aliphatic rings. The topological polar surface area (TPSA) is 91.1 Å². The second-order valence-electron chi connectivity index (χ2n) is 11.1. The molecule has 1 atom stereocenters. The molecule has 46 heavy (non-hydrogen) atoms. The van der Waals surface area contributed by atoms with E-state index in [0.717, 1.165) is 34.0 Å². The van der Waals surface area contributed by atoms with Crippen LogP contribution < -0.4 is 21.8 Å². The number of nitrogens with zero attached hydrogens (tertiary/aromatic N) is 5. The van der Waals surface area contributed by atoms with Gasteiger partial charge in [0, 0.05) is 30.6 Å². The summed E-state index contributed by atoms with van der Waals surface area (Å²) in [5, 5.41) is 1.89. The molecule has 1 aliphatic heterocycles. The normalized spacial score (nSPS) is 15.4. The molecule has 14 heteroatoms. The lowest BCUT2D eigenvalue weighted by atomic mass is 10.1. The van der Waals surface area contributed by atoms with Crippen molar-refractivity contribution in [2.45, 2.75) is 44.9 Å². The molecule has 4 heterocycles. The third-order valence-electron chi connectivity index (χ3n) is 8.01. The standard InChI is InChI=1S/C32H29F5N6O2S/c33-23-22(24(34)26(36)27(37)25(23)35)11-5-14-42-31(45)29-28(30(44)43(42)15-12-19-7-2-1-3-8-19)39-32(40-13-4-9-20(38)17-40)41(29)18-21-10-6-16-46-21/h1-3,5-8,10-11,16,20H,4,9,12-15,17-18,38H2/b11-5+. The van der Waals surface area contributed by atoms with Crippen LogP contribution in [0.4, 0.5) is 27.9 Å². The fourth-order valence-corrected chi connectivity index (χ4v) is 6.43. The number of hydrogen-bond donors (Lipinski definition) is 1. The number of aromatic nitrogens is 4. The van der Waals surface area contributed by atoms with E-state index in [4.69, 9.17) is 10.7 Å². The van der Waals surface area contributed by atoms with Crippen LogP contribution >= 0.6 is 11.3 Å². The molecule has 2 N–H and O–H groups in total. The van der Waals surface area contributed by atoms with Crippen LogP contribution in [0.25, 0.3) is 17.1 Å². The summed E-state index contributed by atoms with van der Waals surface area (Å²) in [6.45, 7) is 0.994. The van der Waals surface area contributed by atoms with E-state index in [2.05, 4.69) is 0 Å². The number of halogens is 5. The van der Waals surface area contributed by atoms with Crippen molar-refractivity contribution in [3.05, 3.63) is 120 Å². The van der Waals surface area contributed by atoms with Crippen LogP contribution in [0, 0.1) is 29.1 Å². The van der Waals surface area contributed by atoms with E-state index in [0.29, 0.717) is 31.5 Å². The van der Waals surface area contributed by atoms with Crippen molar-refractivity contribution < 1.29 is 22.0 Å². The van der Waals surface area contributed by atoms with Crippen molar-refractivity contribution in [1.29, 1.82) is 0 Å². The maximum Gasteiger partial charge on any atom is 0.293 e. The van der Waals surface area contributed by atoms with Gasteiger partial charge in [0.15, 0.2) is 28.8 Å². The van der Waals surface area contributed by atoms with E-state index in [-0.39, 0.29) is 30.2 Å². The van der Waals surface area contributed by atoms with E-state index in [1.807, 2.05) is 52.7 Å². The molecule has 5 aromatic rings. The van der Waals surface area contributed by atoms with Crippen LogP contribution in [0.5, 0.6) is 0 Å². The van der Waals surface area contributed by atoms with Crippen molar-refractivity contribution in [3.63, 3.8) is 0 Å². The van der Waals surface area contributed by atoms with E-state index in [1.165, 1.54) is 16.0 Å². The van der Waals surface area contributed by atoms with Gasteiger partial charge in [-0.05, 0) is 36.3 Å². The Kier molecular flexibility index (Phi) is 8.91. The molecule has 0 saturated carbocycles. The lowest BCUT2D eigenvalue weighted by Crippen LogP contribution is -2.44. The molecule has 6 rings (SSSR count). The molecule has 0 spiro atoms. The average molecular weight is 657 g/mol. The summed E-state index contributed by atoms with van der Waals surface area (Å²) in [5.74, 6) is -10.0. The first-order chi connectivity index (χ1) is 22.2. The molecule has 8 nitrogen and oxygen atoms in total. The number of thiophene rings is 1. The van der Waals surface area contributed by atoms with Crippen molar-refractivity contribution in [2.24, 2.45) is 5.73 Å². The summed E-state index contributed by atoms with van der Waals surface area (Å²) in [4.78, 5) is 36.0. The van der Waals surface area contributed by atoms with Gasteiger partial charge < -0.3 is 15.2 Å². The fraction of sp³-hybridized carbons (Fsp3) is 0.281.